The number of para-hydroxylation sites is 1. The monoisotopic (exact) mass is 331 g/mol. The van der Waals surface area contributed by atoms with Crippen LogP contribution in [0, 0.1) is 6.92 Å². The number of thiazole rings is 1. The molecule has 1 aromatic heterocycles. The Hall–Kier alpha value is -1.43. The van der Waals surface area contributed by atoms with Crippen LogP contribution in [0.1, 0.15) is 17.1 Å². The molecule has 1 aliphatic rings. The number of nitrogens with zero attached hydrogens (tertiary/aromatic N) is 3. The molecule has 0 unspecified atom stereocenters. The summed E-state index contributed by atoms with van der Waals surface area (Å²) < 4.78 is 5.76. The second-order valence-electron chi connectivity index (χ2n) is 5.99. The second kappa shape index (κ2) is 8.43. The highest BCUT2D eigenvalue weighted by atomic mass is 32.1. The zero-order chi connectivity index (χ0) is 15.9. The summed E-state index contributed by atoms with van der Waals surface area (Å²) in [5.74, 6) is 0.968. The number of rotatable bonds is 7. The maximum Gasteiger partial charge on any atom is 0.119 e. The summed E-state index contributed by atoms with van der Waals surface area (Å²) >= 11 is 1.74. The third kappa shape index (κ3) is 5.30. The molecule has 2 heterocycles. The lowest BCUT2D eigenvalue weighted by atomic mass is 10.2. The second-order valence-corrected chi connectivity index (χ2v) is 7.05. The number of benzene rings is 1. The minimum absolute atomic E-state index is 0.794. The standard InChI is InChI=1S/C18H25N3OS/c1-16-19-17(15-23-16)14-21-11-9-20(10-12-21)8-5-13-22-18-6-3-2-4-7-18/h2-4,6-7,15H,5,8-14H2,1H3. The zero-order valence-electron chi connectivity index (χ0n) is 13.8. The average molecular weight is 331 g/mol. The maximum absolute atomic E-state index is 5.76. The fourth-order valence-corrected chi connectivity index (χ4v) is 3.48. The highest BCUT2D eigenvalue weighted by Crippen LogP contribution is 2.13. The molecular weight excluding hydrogens is 306 g/mol. The molecule has 1 aliphatic heterocycles. The summed E-state index contributed by atoms with van der Waals surface area (Å²) in [6, 6.07) is 10.1. The summed E-state index contributed by atoms with van der Waals surface area (Å²) in [5, 5.41) is 3.35. The van der Waals surface area contributed by atoms with Crippen molar-refractivity contribution in [1.82, 2.24) is 14.8 Å². The molecular formula is C18H25N3OS. The average Bonchev–Trinajstić information content (AvgIpc) is 2.99. The Kier molecular flexibility index (Phi) is 6.02. The van der Waals surface area contributed by atoms with Gasteiger partial charge in [-0.3, -0.25) is 4.90 Å². The summed E-state index contributed by atoms with van der Waals surface area (Å²) in [5.41, 5.74) is 1.22. The molecule has 1 fully saturated rings. The van der Waals surface area contributed by atoms with Gasteiger partial charge in [-0.05, 0) is 25.5 Å². The quantitative estimate of drug-likeness (QED) is 0.729. The highest BCUT2D eigenvalue weighted by Gasteiger charge is 2.17. The van der Waals surface area contributed by atoms with Crippen molar-refractivity contribution in [3.8, 4) is 5.75 Å². The molecule has 1 aromatic carbocycles. The smallest absolute Gasteiger partial charge is 0.119 e. The fourth-order valence-electron chi connectivity index (χ4n) is 2.88. The van der Waals surface area contributed by atoms with Crippen LogP contribution >= 0.6 is 11.3 Å². The van der Waals surface area contributed by atoms with E-state index in [0.29, 0.717) is 0 Å². The third-order valence-electron chi connectivity index (χ3n) is 4.15. The molecule has 0 amide bonds. The Morgan fingerprint density at radius 1 is 1.09 bits per heavy atom. The van der Waals surface area contributed by atoms with Crippen LogP contribution in [0.5, 0.6) is 5.75 Å². The molecule has 1 saturated heterocycles. The van der Waals surface area contributed by atoms with Gasteiger partial charge in [0.2, 0.25) is 0 Å². The predicted molar refractivity (Wildman–Crippen MR) is 95.1 cm³/mol. The lowest BCUT2D eigenvalue weighted by molar-refractivity contribution is 0.120. The first-order valence-electron chi connectivity index (χ1n) is 8.33. The first-order chi connectivity index (χ1) is 11.3. The van der Waals surface area contributed by atoms with E-state index in [-0.39, 0.29) is 0 Å². The molecule has 0 aliphatic carbocycles. The van der Waals surface area contributed by atoms with E-state index in [1.807, 2.05) is 30.3 Å². The molecule has 3 rings (SSSR count). The first kappa shape index (κ1) is 16.4. The molecule has 23 heavy (non-hydrogen) atoms. The van der Waals surface area contributed by atoms with Gasteiger partial charge in [-0.25, -0.2) is 4.98 Å². The van der Waals surface area contributed by atoms with Crippen LogP contribution in [0.25, 0.3) is 0 Å². The van der Waals surface area contributed by atoms with Gasteiger partial charge in [-0.15, -0.1) is 11.3 Å². The van der Waals surface area contributed by atoms with Crippen molar-refractivity contribution in [2.75, 3.05) is 39.3 Å². The lowest BCUT2D eigenvalue weighted by Crippen LogP contribution is -2.46. The summed E-state index contributed by atoms with van der Waals surface area (Å²) in [6.07, 6.45) is 1.08. The van der Waals surface area contributed by atoms with Crippen molar-refractivity contribution in [3.63, 3.8) is 0 Å². The minimum atomic E-state index is 0.794. The van der Waals surface area contributed by atoms with Crippen LogP contribution in [0.3, 0.4) is 0 Å². The molecule has 4 nitrogen and oxygen atoms in total. The van der Waals surface area contributed by atoms with Gasteiger partial charge in [-0.1, -0.05) is 18.2 Å². The van der Waals surface area contributed by atoms with Gasteiger partial charge in [0.1, 0.15) is 5.75 Å². The lowest BCUT2D eigenvalue weighted by Gasteiger charge is -2.34. The van der Waals surface area contributed by atoms with Crippen molar-refractivity contribution < 1.29 is 4.74 Å². The number of piperazine rings is 1. The molecule has 0 bridgehead atoms. The molecule has 0 spiro atoms. The SMILES string of the molecule is Cc1nc(CN2CCN(CCCOc3ccccc3)CC2)cs1. The van der Waals surface area contributed by atoms with E-state index in [2.05, 4.69) is 27.1 Å². The molecule has 0 radical (unpaired) electrons. The number of aryl methyl sites for hydroxylation is 1. The Labute approximate surface area is 142 Å². The first-order valence-corrected chi connectivity index (χ1v) is 9.21. The highest BCUT2D eigenvalue weighted by molar-refractivity contribution is 7.09. The van der Waals surface area contributed by atoms with E-state index >= 15 is 0 Å². The van der Waals surface area contributed by atoms with Gasteiger partial charge >= 0.3 is 0 Å². The van der Waals surface area contributed by atoms with Crippen molar-refractivity contribution in [2.45, 2.75) is 19.9 Å². The van der Waals surface area contributed by atoms with Gasteiger partial charge in [-0.2, -0.15) is 0 Å². The normalized spacial score (nSPS) is 16.6. The Morgan fingerprint density at radius 3 is 2.52 bits per heavy atom. The largest absolute Gasteiger partial charge is 0.494 e. The van der Waals surface area contributed by atoms with E-state index in [4.69, 9.17) is 4.74 Å². The Balaban J connectivity index is 1.30. The van der Waals surface area contributed by atoms with Crippen molar-refractivity contribution in [1.29, 1.82) is 0 Å². The number of aromatic nitrogens is 1. The van der Waals surface area contributed by atoms with Crippen LogP contribution in [0.4, 0.5) is 0 Å². The van der Waals surface area contributed by atoms with E-state index in [0.717, 1.165) is 63.1 Å². The molecule has 124 valence electrons. The van der Waals surface area contributed by atoms with Crippen LogP contribution in [0.15, 0.2) is 35.7 Å². The maximum atomic E-state index is 5.76. The van der Waals surface area contributed by atoms with E-state index < -0.39 is 0 Å². The van der Waals surface area contributed by atoms with E-state index in [1.165, 1.54) is 5.69 Å². The number of hydrogen-bond acceptors (Lipinski definition) is 5. The minimum Gasteiger partial charge on any atom is -0.494 e. The van der Waals surface area contributed by atoms with Crippen LogP contribution in [-0.4, -0.2) is 54.1 Å². The third-order valence-corrected chi connectivity index (χ3v) is 4.97. The topological polar surface area (TPSA) is 28.6 Å². The summed E-state index contributed by atoms with van der Waals surface area (Å²) in [4.78, 5) is 9.60. The number of hydrogen-bond donors (Lipinski definition) is 0. The van der Waals surface area contributed by atoms with Crippen molar-refractivity contribution in [2.24, 2.45) is 0 Å². The van der Waals surface area contributed by atoms with E-state index in [9.17, 15) is 0 Å². The van der Waals surface area contributed by atoms with Crippen LogP contribution < -0.4 is 4.74 Å². The van der Waals surface area contributed by atoms with Gasteiger partial charge in [0.15, 0.2) is 0 Å². The molecule has 5 heteroatoms. The van der Waals surface area contributed by atoms with Gasteiger partial charge in [0.25, 0.3) is 0 Å². The Morgan fingerprint density at radius 2 is 1.83 bits per heavy atom. The molecule has 0 atom stereocenters. The number of ether oxygens (including phenoxy) is 1. The van der Waals surface area contributed by atoms with Crippen molar-refractivity contribution >= 4 is 11.3 Å². The predicted octanol–water partition coefficient (Wildman–Crippen LogP) is 3.04. The van der Waals surface area contributed by atoms with Crippen LogP contribution in [0.2, 0.25) is 0 Å². The summed E-state index contributed by atoms with van der Waals surface area (Å²) in [7, 11) is 0. The van der Waals surface area contributed by atoms with E-state index in [1.54, 1.807) is 11.3 Å². The van der Waals surface area contributed by atoms with Gasteiger partial charge in [0, 0.05) is 44.6 Å². The Bertz CT molecular complexity index is 579. The van der Waals surface area contributed by atoms with Crippen molar-refractivity contribution in [3.05, 3.63) is 46.4 Å². The molecule has 0 N–H and O–H groups in total. The molecule has 0 saturated carbocycles. The van der Waals surface area contributed by atoms with Crippen LogP contribution in [-0.2, 0) is 6.54 Å². The van der Waals surface area contributed by atoms with Gasteiger partial charge < -0.3 is 9.64 Å². The molecule has 2 aromatic rings. The summed E-state index contributed by atoms with van der Waals surface area (Å²) in [6.45, 7) is 9.55. The zero-order valence-corrected chi connectivity index (χ0v) is 14.6. The fraction of sp³-hybridized carbons (Fsp3) is 0.500. The van der Waals surface area contributed by atoms with Gasteiger partial charge in [0.05, 0.1) is 17.3 Å².